The second-order valence-corrected chi connectivity index (χ2v) is 4.26. The molecule has 1 nitrogen and oxygen atoms in total. The number of nitrogens with one attached hydrogen (secondary N) is 1. The Kier molecular flexibility index (Phi) is 3.05. The number of thioether (sulfide) groups is 1. The molecule has 0 radical (unpaired) electrons. The van der Waals surface area contributed by atoms with Crippen molar-refractivity contribution in [3.8, 4) is 0 Å². The number of rotatable bonds is 5. The minimum Gasteiger partial charge on any atom is -0.319 e. The zero-order chi connectivity index (χ0) is 7.45. The predicted octanol–water partition coefficient (Wildman–Crippen LogP) is 1.74. The predicted molar refractivity (Wildman–Crippen MR) is 48.6 cm³/mol. The first-order chi connectivity index (χ1) is 4.83. The van der Waals surface area contributed by atoms with Gasteiger partial charge in [0.2, 0.25) is 0 Å². The summed E-state index contributed by atoms with van der Waals surface area (Å²) in [6.07, 6.45) is 6.51. The third-order valence-electron chi connectivity index (χ3n) is 2.35. The molecule has 60 valence electrons. The fourth-order valence-corrected chi connectivity index (χ4v) is 2.02. The first-order valence-corrected chi connectivity index (χ1v) is 5.36. The first kappa shape index (κ1) is 8.41. The fourth-order valence-electron chi connectivity index (χ4n) is 1.39. The van der Waals surface area contributed by atoms with Gasteiger partial charge in [0.25, 0.3) is 0 Å². The van der Waals surface area contributed by atoms with Gasteiger partial charge in [-0.05, 0) is 43.7 Å². The van der Waals surface area contributed by atoms with Crippen molar-refractivity contribution in [3.05, 3.63) is 0 Å². The van der Waals surface area contributed by atoms with Crippen LogP contribution in [0.1, 0.15) is 19.3 Å². The van der Waals surface area contributed by atoms with Crippen LogP contribution >= 0.6 is 11.8 Å². The molecule has 0 aromatic heterocycles. The van der Waals surface area contributed by atoms with Crippen molar-refractivity contribution in [2.45, 2.75) is 19.3 Å². The quantitative estimate of drug-likeness (QED) is 0.656. The van der Waals surface area contributed by atoms with E-state index in [1.165, 1.54) is 31.6 Å². The van der Waals surface area contributed by atoms with Crippen LogP contribution in [0.3, 0.4) is 0 Å². The second kappa shape index (κ2) is 3.63. The lowest BCUT2D eigenvalue weighted by Gasteiger charge is -2.12. The summed E-state index contributed by atoms with van der Waals surface area (Å²) in [5, 5.41) is 3.27. The van der Waals surface area contributed by atoms with E-state index < -0.39 is 0 Å². The Morgan fingerprint density at radius 1 is 1.50 bits per heavy atom. The Balaban J connectivity index is 2.11. The highest BCUT2D eigenvalue weighted by atomic mass is 32.2. The van der Waals surface area contributed by atoms with Crippen LogP contribution < -0.4 is 5.32 Å². The molecule has 0 saturated heterocycles. The highest BCUT2D eigenvalue weighted by Gasteiger charge is 2.40. The Morgan fingerprint density at radius 3 is 2.60 bits per heavy atom. The molecule has 0 bridgehead atoms. The van der Waals surface area contributed by atoms with E-state index in [0.717, 1.165) is 5.41 Å². The van der Waals surface area contributed by atoms with Gasteiger partial charge >= 0.3 is 0 Å². The Hall–Kier alpha value is 0.310. The van der Waals surface area contributed by atoms with Crippen molar-refractivity contribution in [1.82, 2.24) is 5.32 Å². The van der Waals surface area contributed by atoms with Crippen LogP contribution in [-0.4, -0.2) is 25.6 Å². The van der Waals surface area contributed by atoms with Gasteiger partial charge in [-0.3, -0.25) is 0 Å². The molecule has 0 aliphatic heterocycles. The maximum Gasteiger partial charge on any atom is 0.000511 e. The molecule has 0 aromatic rings. The molecule has 0 atom stereocenters. The molecule has 1 fully saturated rings. The summed E-state index contributed by atoms with van der Waals surface area (Å²) in [7, 11) is 2.05. The van der Waals surface area contributed by atoms with Gasteiger partial charge in [-0.2, -0.15) is 11.8 Å². The Bertz CT molecular complexity index is 99.4. The summed E-state index contributed by atoms with van der Waals surface area (Å²) in [6.45, 7) is 1.23. The van der Waals surface area contributed by atoms with Gasteiger partial charge in [-0.15, -0.1) is 0 Å². The molecule has 1 saturated carbocycles. The third kappa shape index (κ3) is 2.17. The normalized spacial score (nSPS) is 21.0. The standard InChI is InChI=1S/C8H17NS/c1-9-7-8(3-4-8)5-6-10-2/h9H,3-7H2,1-2H3. The van der Waals surface area contributed by atoms with Crippen LogP contribution in [0.5, 0.6) is 0 Å². The average Bonchev–Trinajstić information content (AvgIpc) is 2.67. The molecule has 1 N–H and O–H groups in total. The molecule has 1 rings (SSSR count). The van der Waals surface area contributed by atoms with Gasteiger partial charge in [-0.25, -0.2) is 0 Å². The lowest BCUT2D eigenvalue weighted by molar-refractivity contribution is 0.469. The summed E-state index contributed by atoms with van der Waals surface area (Å²) in [4.78, 5) is 0. The number of hydrogen-bond acceptors (Lipinski definition) is 2. The Labute approximate surface area is 68.0 Å². The van der Waals surface area contributed by atoms with E-state index in [1.54, 1.807) is 0 Å². The van der Waals surface area contributed by atoms with Crippen molar-refractivity contribution < 1.29 is 0 Å². The van der Waals surface area contributed by atoms with Gasteiger partial charge in [0.1, 0.15) is 0 Å². The van der Waals surface area contributed by atoms with Crippen molar-refractivity contribution in [1.29, 1.82) is 0 Å². The fraction of sp³-hybridized carbons (Fsp3) is 1.00. The minimum absolute atomic E-state index is 0.720. The van der Waals surface area contributed by atoms with E-state index >= 15 is 0 Å². The van der Waals surface area contributed by atoms with Crippen molar-refractivity contribution in [2.75, 3.05) is 25.6 Å². The molecule has 2 heteroatoms. The molecular weight excluding hydrogens is 142 g/mol. The van der Waals surface area contributed by atoms with Gasteiger partial charge < -0.3 is 5.32 Å². The molecule has 1 aliphatic rings. The zero-order valence-electron chi connectivity index (χ0n) is 6.94. The minimum atomic E-state index is 0.720. The first-order valence-electron chi connectivity index (χ1n) is 3.96. The van der Waals surface area contributed by atoms with E-state index in [-0.39, 0.29) is 0 Å². The van der Waals surface area contributed by atoms with Crippen LogP contribution in [0.4, 0.5) is 0 Å². The second-order valence-electron chi connectivity index (χ2n) is 3.27. The van der Waals surface area contributed by atoms with E-state index in [2.05, 4.69) is 18.6 Å². The topological polar surface area (TPSA) is 12.0 Å². The lowest BCUT2D eigenvalue weighted by Crippen LogP contribution is -2.20. The van der Waals surface area contributed by atoms with Gasteiger partial charge in [0, 0.05) is 6.54 Å². The number of hydrogen-bond donors (Lipinski definition) is 1. The molecule has 0 spiro atoms. The smallest absolute Gasteiger partial charge is 0.000511 e. The summed E-state index contributed by atoms with van der Waals surface area (Å²) >= 11 is 1.97. The Morgan fingerprint density at radius 2 is 2.20 bits per heavy atom. The van der Waals surface area contributed by atoms with Gasteiger partial charge in [0.05, 0.1) is 0 Å². The van der Waals surface area contributed by atoms with Gasteiger partial charge in [-0.1, -0.05) is 0 Å². The van der Waals surface area contributed by atoms with E-state index in [0.29, 0.717) is 0 Å². The summed E-state index contributed by atoms with van der Waals surface area (Å²) in [5.74, 6) is 1.34. The van der Waals surface area contributed by atoms with Crippen LogP contribution in [0.25, 0.3) is 0 Å². The monoisotopic (exact) mass is 159 g/mol. The van der Waals surface area contributed by atoms with Gasteiger partial charge in [0.15, 0.2) is 0 Å². The largest absolute Gasteiger partial charge is 0.319 e. The molecule has 0 aromatic carbocycles. The third-order valence-corrected chi connectivity index (χ3v) is 2.96. The molecule has 10 heavy (non-hydrogen) atoms. The van der Waals surface area contributed by atoms with Crippen LogP contribution in [0, 0.1) is 5.41 Å². The maximum atomic E-state index is 3.27. The highest BCUT2D eigenvalue weighted by molar-refractivity contribution is 7.98. The van der Waals surface area contributed by atoms with Crippen molar-refractivity contribution in [2.24, 2.45) is 5.41 Å². The molecule has 0 heterocycles. The molecule has 1 aliphatic carbocycles. The van der Waals surface area contributed by atoms with Crippen LogP contribution in [-0.2, 0) is 0 Å². The summed E-state index contributed by atoms with van der Waals surface area (Å²) < 4.78 is 0. The van der Waals surface area contributed by atoms with E-state index in [9.17, 15) is 0 Å². The molecule has 0 unspecified atom stereocenters. The molecule has 0 amide bonds. The van der Waals surface area contributed by atoms with E-state index in [4.69, 9.17) is 0 Å². The van der Waals surface area contributed by atoms with Crippen molar-refractivity contribution in [3.63, 3.8) is 0 Å². The summed E-state index contributed by atoms with van der Waals surface area (Å²) in [5.41, 5.74) is 0.720. The maximum absolute atomic E-state index is 3.27. The van der Waals surface area contributed by atoms with E-state index in [1.807, 2.05) is 11.8 Å². The summed E-state index contributed by atoms with van der Waals surface area (Å²) in [6, 6.07) is 0. The van der Waals surface area contributed by atoms with Crippen LogP contribution in [0.2, 0.25) is 0 Å². The van der Waals surface area contributed by atoms with Crippen molar-refractivity contribution >= 4 is 11.8 Å². The average molecular weight is 159 g/mol. The highest BCUT2D eigenvalue weighted by Crippen LogP contribution is 2.48. The zero-order valence-corrected chi connectivity index (χ0v) is 7.76. The SMILES string of the molecule is CNCC1(CCSC)CC1. The lowest BCUT2D eigenvalue weighted by atomic mass is 10.0. The van der Waals surface area contributed by atoms with Crippen LogP contribution in [0.15, 0.2) is 0 Å². The molecular formula is C8H17NS.